The molecule has 1 aliphatic carbocycles. The van der Waals surface area contributed by atoms with Gasteiger partial charge in [-0.15, -0.1) is 0 Å². The van der Waals surface area contributed by atoms with E-state index >= 15 is 0 Å². The van der Waals surface area contributed by atoms with Crippen LogP contribution in [-0.2, 0) is 11.2 Å². The summed E-state index contributed by atoms with van der Waals surface area (Å²) in [6.45, 7) is 0. The van der Waals surface area contributed by atoms with E-state index in [9.17, 15) is 34.8 Å². The number of carboxylic acid groups (broad SMARTS) is 2. The molecule has 0 saturated heterocycles. The van der Waals surface area contributed by atoms with Gasteiger partial charge in [-0.1, -0.05) is 6.07 Å². The van der Waals surface area contributed by atoms with Crippen LogP contribution in [0.15, 0.2) is 94.1 Å². The van der Waals surface area contributed by atoms with Crippen LogP contribution in [-0.4, -0.2) is 43.5 Å². The van der Waals surface area contributed by atoms with Gasteiger partial charge in [0.2, 0.25) is 0 Å². The van der Waals surface area contributed by atoms with Gasteiger partial charge in [0, 0.05) is 40.8 Å². The minimum Gasteiger partial charge on any atom is -0.508 e. The Morgan fingerprint density at radius 1 is 0.843 bits per heavy atom. The predicted molar refractivity (Wildman–Crippen MR) is 220 cm³/mol. The van der Waals surface area contributed by atoms with Crippen molar-refractivity contribution in [1.29, 1.82) is 0 Å². The highest BCUT2D eigenvalue weighted by Gasteiger charge is 2.24. The standard InChI is InChI=1S/C36H23I3N2O9S/c37-25-15-20(4-8-29(25)44)49-33-26(38)9-16(10-27(33)39)11-28(35(47)48)41-36(51)40-17-1-5-21(24(12-17)34(45)46)32-22-6-2-18(42)13-30(22)50-31-14-19(43)3-7-23(31)32/h1-10,12-15,28,42,44H,11H2,(H,45,46)(H,47,48)(H2,40,41,51). The van der Waals surface area contributed by atoms with Gasteiger partial charge in [0.15, 0.2) is 16.3 Å². The Labute approximate surface area is 335 Å². The largest absolute Gasteiger partial charge is 0.508 e. The Morgan fingerprint density at radius 3 is 2.25 bits per heavy atom. The summed E-state index contributed by atoms with van der Waals surface area (Å²) in [6, 6.07) is 20.6. The lowest BCUT2D eigenvalue weighted by atomic mass is 9.90. The molecule has 6 rings (SSSR count). The van der Waals surface area contributed by atoms with Gasteiger partial charge in [0.1, 0.15) is 34.6 Å². The molecule has 2 aliphatic rings. The first kappa shape index (κ1) is 36.6. The quantitative estimate of drug-likeness (QED) is 0.0465. The molecule has 4 aromatic rings. The third kappa shape index (κ3) is 8.15. The summed E-state index contributed by atoms with van der Waals surface area (Å²) >= 11 is 11.7. The smallest absolute Gasteiger partial charge is 0.336 e. The van der Waals surface area contributed by atoms with E-state index in [2.05, 4.69) is 55.8 Å². The molecule has 258 valence electrons. The summed E-state index contributed by atoms with van der Waals surface area (Å²) in [5.41, 5.74) is 2.17. The van der Waals surface area contributed by atoms with Gasteiger partial charge in [-0.05, 0) is 158 Å². The predicted octanol–water partition coefficient (Wildman–Crippen LogP) is 8.26. The number of halogens is 3. The highest BCUT2D eigenvalue weighted by molar-refractivity contribution is 14.1. The van der Waals surface area contributed by atoms with Crippen LogP contribution in [0.5, 0.6) is 23.0 Å². The van der Waals surface area contributed by atoms with Crippen LogP contribution >= 0.6 is 80.0 Å². The highest BCUT2D eigenvalue weighted by atomic mass is 127. The molecular formula is C36H23I3N2O9S. The normalized spacial score (nSPS) is 11.7. The van der Waals surface area contributed by atoms with Gasteiger partial charge in [-0.25, -0.2) is 9.59 Å². The number of hydrogen-bond acceptors (Lipinski definition) is 8. The molecule has 15 heteroatoms. The van der Waals surface area contributed by atoms with Crippen molar-refractivity contribution in [3.8, 4) is 45.4 Å². The molecule has 0 spiro atoms. The van der Waals surface area contributed by atoms with E-state index in [0.29, 0.717) is 48.4 Å². The number of ether oxygens (including phenoxy) is 1. The van der Waals surface area contributed by atoms with Crippen LogP contribution in [0, 0.1) is 10.7 Å². The van der Waals surface area contributed by atoms with E-state index < -0.39 is 18.0 Å². The molecule has 4 aromatic carbocycles. The third-order valence-electron chi connectivity index (χ3n) is 7.69. The van der Waals surface area contributed by atoms with Crippen molar-refractivity contribution in [2.45, 2.75) is 12.5 Å². The molecule has 0 amide bonds. The monoisotopic (exact) mass is 1040 g/mol. The number of aromatic carboxylic acids is 1. The van der Waals surface area contributed by atoms with Crippen LogP contribution in [0.4, 0.5) is 5.69 Å². The number of aromatic hydroxyl groups is 2. The van der Waals surface area contributed by atoms with Crippen molar-refractivity contribution in [2.75, 3.05) is 5.32 Å². The van der Waals surface area contributed by atoms with Crippen LogP contribution < -0.4 is 20.8 Å². The topological polar surface area (TPSA) is 179 Å². The number of carboxylic acids is 2. The first-order valence-corrected chi connectivity index (χ1v) is 18.4. The zero-order valence-electron chi connectivity index (χ0n) is 25.7. The lowest BCUT2D eigenvalue weighted by Crippen LogP contribution is -2.44. The molecule has 0 bridgehead atoms. The highest BCUT2D eigenvalue weighted by Crippen LogP contribution is 2.42. The summed E-state index contributed by atoms with van der Waals surface area (Å²) in [5, 5.41) is 46.4. The first-order valence-electron chi connectivity index (χ1n) is 14.8. The maximum absolute atomic E-state index is 12.6. The van der Waals surface area contributed by atoms with E-state index in [1.165, 1.54) is 30.3 Å². The van der Waals surface area contributed by atoms with Gasteiger partial charge in [-0.2, -0.15) is 0 Å². The minimum absolute atomic E-state index is 0.0365. The number of aliphatic carboxylic acids is 1. The molecule has 6 N–H and O–H groups in total. The fraction of sp³-hybridized carbons (Fsp3) is 0.0556. The van der Waals surface area contributed by atoms with Crippen molar-refractivity contribution in [1.82, 2.24) is 5.32 Å². The number of hydrogen-bond donors (Lipinski definition) is 6. The summed E-state index contributed by atoms with van der Waals surface area (Å²) in [5.74, 6) is -0.950. The van der Waals surface area contributed by atoms with Crippen molar-refractivity contribution >= 4 is 114 Å². The first-order chi connectivity index (χ1) is 24.3. The molecular weight excluding hydrogens is 1020 g/mol. The molecule has 0 fully saturated rings. The van der Waals surface area contributed by atoms with Crippen LogP contribution in [0.25, 0.3) is 33.4 Å². The summed E-state index contributed by atoms with van der Waals surface area (Å²) < 4.78 is 14.1. The van der Waals surface area contributed by atoms with Crippen molar-refractivity contribution in [3.63, 3.8) is 0 Å². The number of phenolic OH excluding ortho intramolecular Hbond substituents is 2. The lowest BCUT2D eigenvalue weighted by Gasteiger charge is -2.20. The fourth-order valence-electron chi connectivity index (χ4n) is 5.42. The molecule has 1 heterocycles. The summed E-state index contributed by atoms with van der Waals surface area (Å²) in [6.07, 6.45) is 0.0691. The van der Waals surface area contributed by atoms with Crippen LogP contribution in [0.3, 0.4) is 0 Å². The molecule has 0 aromatic heterocycles. The summed E-state index contributed by atoms with van der Waals surface area (Å²) in [7, 11) is 0. The average Bonchev–Trinajstić information content (AvgIpc) is 3.06. The molecule has 51 heavy (non-hydrogen) atoms. The number of anilines is 1. The maximum Gasteiger partial charge on any atom is 0.336 e. The van der Waals surface area contributed by atoms with Crippen molar-refractivity contribution < 1.29 is 39.2 Å². The van der Waals surface area contributed by atoms with Gasteiger partial charge in [0.05, 0.1) is 16.3 Å². The zero-order valence-corrected chi connectivity index (χ0v) is 33.0. The number of rotatable bonds is 9. The summed E-state index contributed by atoms with van der Waals surface area (Å²) in [4.78, 5) is 37.0. The number of thiocarbonyl (C=S) groups is 1. The Hall–Kier alpha value is -4.21. The fourth-order valence-corrected chi connectivity index (χ4v) is 8.29. The van der Waals surface area contributed by atoms with Crippen LogP contribution in [0.2, 0.25) is 0 Å². The average molecular weight is 1040 g/mol. The van der Waals surface area contributed by atoms with E-state index in [1.54, 1.807) is 42.5 Å². The lowest BCUT2D eigenvalue weighted by molar-refractivity contribution is -0.139. The SMILES string of the molecule is O=C(O)c1cc(NC(=S)NC(Cc2cc(I)c(Oc3ccc(O)c(I)c3)c(I)c2)C(=O)O)ccc1-c1c2ccc(=O)cc-2oc2cc(O)ccc12. The second kappa shape index (κ2) is 15.2. The molecule has 1 atom stereocenters. The maximum atomic E-state index is 12.6. The van der Waals surface area contributed by atoms with Gasteiger partial charge >= 0.3 is 11.9 Å². The van der Waals surface area contributed by atoms with Gasteiger partial charge < -0.3 is 40.2 Å². The molecule has 1 unspecified atom stereocenters. The Kier molecular flexibility index (Phi) is 10.9. The second-order valence-corrected chi connectivity index (χ2v) is 15.1. The zero-order chi connectivity index (χ0) is 36.6. The Bertz CT molecular complexity index is 2390. The van der Waals surface area contributed by atoms with Gasteiger partial charge in [-0.3, -0.25) is 4.79 Å². The Morgan fingerprint density at radius 2 is 1.57 bits per heavy atom. The minimum atomic E-state index is -1.24. The number of fused-ring (bicyclic) bond motifs is 2. The molecule has 1 aliphatic heterocycles. The number of nitrogens with one attached hydrogen (secondary N) is 2. The van der Waals surface area contributed by atoms with Crippen LogP contribution in [0.1, 0.15) is 15.9 Å². The Balaban J connectivity index is 1.24. The molecule has 11 nitrogen and oxygen atoms in total. The third-order valence-corrected chi connectivity index (χ3v) is 10.4. The number of phenols is 2. The number of benzene rings is 5. The van der Waals surface area contributed by atoms with E-state index in [0.717, 1.165) is 7.14 Å². The second-order valence-electron chi connectivity index (χ2n) is 11.2. The van der Waals surface area contributed by atoms with Crippen molar-refractivity contribution in [2.24, 2.45) is 0 Å². The van der Waals surface area contributed by atoms with E-state index in [-0.39, 0.29) is 45.4 Å². The van der Waals surface area contributed by atoms with Crippen molar-refractivity contribution in [3.05, 3.63) is 117 Å². The van der Waals surface area contributed by atoms with Gasteiger partial charge in [0.25, 0.3) is 0 Å². The van der Waals surface area contributed by atoms with E-state index in [4.69, 9.17) is 21.4 Å². The van der Waals surface area contributed by atoms with E-state index in [1.807, 2.05) is 34.7 Å². The molecule has 0 radical (unpaired) electrons. The molecule has 0 saturated carbocycles. The number of carbonyl (C=O) groups is 2.